The Morgan fingerprint density at radius 3 is 2.70 bits per heavy atom. The van der Waals surface area contributed by atoms with Crippen LogP contribution in [0.15, 0.2) is 24.3 Å². The van der Waals surface area contributed by atoms with Gasteiger partial charge in [-0.2, -0.15) is 0 Å². The Hall–Kier alpha value is -2.15. The Balaban J connectivity index is 1.38. The standard InChI is InChI=1S/C16H21N3O4/c20-16(11-23-15-5-3-14(4-6-15)19(21)22)17-13-7-8-18(10-13)9-12-1-2-12/h3-6,12-13H,1-2,7-11H2,(H,17,20). The number of nitrogens with zero attached hydrogens (tertiary/aromatic N) is 2. The molecule has 1 aliphatic heterocycles. The van der Waals surface area contributed by atoms with Crippen molar-refractivity contribution < 1.29 is 14.5 Å². The van der Waals surface area contributed by atoms with Gasteiger partial charge in [0.25, 0.3) is 11.6 Å². The maximum Gasteiger partial charge on any atom is 0.269 e. The van der Waals surface area contributed by atoms with Crippen molar-refractivity contribution in [3.63, 3.8) is 0 Å². The zero-order valence-corrected chi connectivity index (χ0v) is 12.9. The quantitative estimate of drug-likeness (QED) is 0.609. The lowest BCUT2D eigenvalue weighted by Crippen LogP contribution is -2.39. The number of benzene rings is 1. The lowest BCUT2D eigenvalue weighted by Gasteiger charge is -2.16. The van der Waals surface area contributed by atoms with E-state index in [1.807, 2.05) is 0 Å². The van der Waals surface area contributed by atoms with Crippen LogP contribution < -0.4 is 10.1 Å². The Kier molecular flexibility index (Phi) is 4.76. The summed E-state index contributed by atoms with van der Waals surface area (Å²) in [6.45, 7) is 3.05. The highest BCUT2D eigenvalue weighted by molar-refractivity contribution is 5.77. The zero-order valence-electron chi connectivity index (χ0n) is 12.9. The predicted octanol–water partition coefficient (Wildman–Crippen LogP) is 1.57. The van der Waals surface area contributed by atoms with Crippen LogP contribution in [0.25, 0.3) is 0 Å². The molecule has 1 aromatic rings. The van der Waals surface area contributed by atoms with Crippen molar-refractivity contribution in [1.82, 2.24) is 10.2 Å². The molecule has 1 saturated carbocycles. The number of carbonyl (C=O) groups is 1. The van der Waals surface area contributed by atoms with Gasteiger partial charge in [0.2, 0.25) is 0 Å². The lowest BCUT2D eigenvalue weighted by atomic mass is 10.2. The van der Waals surface area contributed by atoms with E-state index in [9.17, 15) is 14.9 Å². The number of rotatable bonds is 7. The minimum absolute atomic E-state index is 0.00325. The van der Waals surface area contributed by atoms with Crippen molar-refractivity contribution >= 4 is 11.6 Å². The molecule has 1 atom stereocenters. The van der Waals surface area contributed by atoms with E-state index in [-0.39, 0.29) is 24.2 Å². The van der Waals surface area contributed by atoms with Crippen molar-refractivity contribution in [3.05, 3.63) is 34.4 Å². The van der Waals surface area contributed by atoms with Crippen LogP contribution in [0.3, 0.4) is 0 Å². The van der Waals surface area contributed by atoms with Crippen LogP contribution in [0.5, 0.6) is 5.75 Å². The van der Waals surface area contributed by atoms with Gasteiger partial charge in [0, 0.05) is 37.8 Å². The largest absolute Gasteiger partial charge is 0.484 e. The third-order valence-corrected chi connectivity index (χ3v) is 4.27. The minimum atomic E-state index is -0.468. The second-order valence-corrected chi connectivity index (χ2v) is 6.30. The molecule has 1 unspecified atom stereocenters. The van der Waals surface area contributed by atoms with Gasteiger partial charge >= 0.3 is 0 Å². The van der Waals surface area contributed by atoms with Crippen LogP contribution >= 0.6 is 0 Å². The van der Waals surface area contributed by atoms with E-state index in [4.69, 9.17) is 4.74 Å². The second-order valence-electron chi connectivity index (χ2n) is 6.30. The number of nitrogens with one attached hydrogen (secondary N) is 1. The molecule has 7 heteroatoms. The molecule has 2 aliphatic rings. The van der Waals surface area contributed by atoms with Crippen molar-refractivity contribution in [1.29, 1.82) is 0 Å². The number of hydrogen-bond acceptors (Lipinski definition) is 5. The normalized spacial score (nSPS) is 21.1. The van der Waals surface area contributed by atoms with E-state index < -0.39 is 4.92 Å². The molecule has 1 heterocycles. The number of ether oxygens (including phenoxy) is 1. The SMILES string of the molecule is O=C(COc1ccc([N+](=O)[O-])cc1)NC1CCN(CC2CC2)C1. The number of nitro groups is 1. The fraction of sp³-hybridized carbons (Fsp3) is 0.562. The molecule has 1 saturated heterocycles. The molecule has 1 amide bonds. The Morgan fingerprint density at radius 1 is 1.30 bits per heavy atom. The smallest absolute Gasteiger partial charge is 0.269 e. The number of carbonyl (C=O) groups excluding carboxylic acids is 1. The van der Waals surface area contributed by atoms with Crippen molar-refractivity contribution in [2.75, 3.05) is 26.2 Å². The molecule has 124 valence electrons. The average molecular weight is 319 g/mol. The number of non-ortho nitro benzene ring substituents is 1. The van der Waals surface area contributed by atoms with Gasteiger partial charge in [-0.25, -0.2) is 0 Å². The lowest BCUT2D eigenvalue weighted by molar-refractivity contribution is -0.384. The Bertz CT molecular complexity index is 571. The number of amides is 1. The first kappa shape index (κ1) is 15.7. The highest BCUT2D eigenvalue weighted by Gasteiger charge is 2.29. The third-order valence-electron chi connectivity index (χ3n) is 4.27. The summed E-state index contributed by atoms with van der Waals surface area (Å²) in [5.41, 5.74) is 0.00325. The summed E-state index contributed by atoms with van der Waals surface area (Å²) in [4.78, 5) is 24.4. The highest BCUT2D eigenvalue weighted by atomic mass is 16.6. The topological polar surface area (TPSA) is 84.7 Å². The number of nitro benzene ring substituents is 1. The number of likely N-dealkylation sites (tertiary alicyclic amines) is 1. The van der Waals surface area contributed by atoms with Gasteiger partial charge in [0.1, 0.15) is 5.75 Å². The average Bonchev–Trinajstić information content (AvgIpc) is 3.24. The molecule has 0 radical (unpaired) electrons. The molecule has 2 fully saturated rings. The fourth-order valence-electron chi connectivity index (χ4n) is 2.86. The molecule has 0 aromatic heterocycles. The summed E-state index contributed by atoms with van der Waals surface area (Å²) in [5.74, 6) is 1.17. The van der Waals surface area contributed by atoms with E-state index in [1.54, 1.807) is 0 Å². The van der Waals surface area contributed by atoms with E-state index >= 15 is 0 Å². The van der Waals surface area contributed by atoms with Crippen molar-refractivity contribution in [3.8, 4) is 5.75 Å². The van der Waals surface area contributed by atoms with Crippen LogP contribution in [-0.4, -0.2) is 48.0 Å². The van der Waals surface area contributed by atoms with E-state index in [1.165, 1.54) is 37.1 Å². The summed E-state index contributed by atoms with van der Waals surface area (Å²) in [6.07, 6.45) is 3.67. The summed E-state index contributed by atoms with van der Waals surface area (Å²) in [6, 6.07) is 5.91. The molecular formula is C16H21N3O4. The van der Waals surface area contributed by atoms with Crippen LogP contribution in [-0.2, 0) is 4.79 Å². The van der Waals surface area contributed by atoms with Crippen LogP contribution in [0.2, 0.25) is 0 Å². The zero-order chi connectivity index (χ0) is 16.2. The van der Waals surface area contributed by atoms with Gasteiger partial charge in [0.05, 0.1) is 4.92 Å². The molecule has 23 heavy (non-hydrogen) atoms. The molecule has 0 spiro atoms. The maximum absolute atomic E-state index is 11.9. The first-order chi connectivity index (χ1) is 11.1. The van der Waals surface area contributed by atoms with E-state index in [0.717, 1.165) is 32.0 Å². The van der Waals surface area contributed by atoms with Gasteiger partial charge in [-0.15, -0.1) is 0 Å². The molecule has 1 aromatic carbocycles. The maximum atomic E-state index is 11.9. The Morgan fingerprint density at radius 2 is 2.04 bits per heavy atom. The second kappa shape index (κ2) is 6.95. The van der Waals surface area contributed by atoms with Gasteiger partial charge in [0.15, 0.2) is 6.61 Å². The van der Waals surface area contributed by atoms with Crippen molar-refractivity contribution in [2.24, 2.45) is 5.92 Å². The summed E-state index contributed by atoms with van der Waals surface area (Å²) in [7, 11) is 0. The molecular weight excluding hydrogens is 298 g/mol. The minimum Gasteiger partial charge on any atom is -0.484 e. The fourth-order valence-corrected chi connectivity index (χ4v) is 2.86. The van der Waals surface area contributed by atoms with Gasteiger partial charge in [-0.3, -0.25) is 14.9 Å². The van der Waals surface area contributed by atoms with E-state index in [2.05, 4.69) is 10.2 Å². The Labute approximate surface area is 134 Å². The third kappa shape index (κ3) is 4.66. The first-order valence-corrected chi connectivity index (χ1v) is 7.99. The van der Waals surface area contributed by atoms with Crippen LogP contribution in [0.1, 0.15) is 19.3 Å². The molecule has 7 nitrogen and oxygen atoms in total. The van der Waals surface area contributed by atoms with E-state index in [0.29, 0.717) is 5.75 Å². The molecule has 3 rings (SSSR count). The van der Waals surface area contributed by atoms with Gasteiger partial charge in [-0.05, 0) is 37.3 Å². The summed E-state index contributed by atoms with van der Waals surface area (Å²) in [5, 5.41) is 13.6. The van der Waals surface area contributed by atoms with Crippen LogP contribution in [0.4, 0.5) is 5.69 Å². The monoisotopic (exact) mass is 319 g/mol. The first-order valence-electron chi connectivity index (χ1n) is 7.99. The molecule has 1 N–H and O–H groups in total. The summed E-state index contributed by atoms with van der Waals surface area (Å²) >= 11 is 0. The highest BCUT2D eigenvalue weighted by Crippen LogP contribution is 2.30. The van der Waals surface area contributed by atoms with Crippen molar-refractivity contribution in [2.45, 2.75) is 25.3 Å². The molecule has 1 aliphatic carbocycles. The van der Waals surface area contributed by atoms with Crippen LogP contribution in [0, 0.1) is 16.0 Å². The van der Waals surface area contributed by atoms with Gasteiger partial charge in [-0.1, -0.05) is 0 Å². The predicted molar refractivity (Wildman–Crippen MR) is 84.3 cm³/mol. The van der Waals surface area contributed by atoms with Gasteiger partial charge < -0.3 is 15.0 Å². The summed E-state index contributed by atoms with van der Waals surface area (Å²) < 4.78 is 5.37. The molecule has 0 bridgehead atoms. The number of hydrogen-bond donors (Lipinski definition) is 1.